The smallest absolute Gasteiger partial charge is 0.354 e. The number of piperidine rings is 1. The van der Waals surface area contributed by atoms with E-state index >= 15 is 0 Å². The van der Waals surface area contributed by atoms with Gasteiger partial charge >= 0.3 is 5.97 Å². The van der Waals surface area contributed by atoms with Crippen LogP contribution in [-0.4, -0.2) is 35.7 Å². The number of carbonyl (C=O) groups is 1. The largest absolute Gasteiger partial charge is 0.477 e. The van der Waals surface area contributed by atoms with E-state index in [1.165, 1.54) is 41.3 Å². The normalized spacial score (nSPS) is 16.7. The van der Waals surface area contributed by atoms with Crippen molar-refractivity contribution >= 4 is 28.1 Å². The number of hydrogen-bond donors (Lipinski definition) is 1. The molecule has 0 bridgehead atoms. The van der Waals surface area contributed by atoms with Crippen LogP contribution in [0.3, 0.4) is 0 Å². The van der Waals surface area contributed by atoms with Crippen molar-refractivity contribution in [1.82, 2.24) is 4.98 Å². The summed E-state index contributed by atoms with van der Waals surface area (Å²) in [6, 6.07) is 16.6. The Morgan fingerprint density at radius 2 is 1.69 bits per heavy atom. The van der Waals surface area contributed by atoms with Gasteiger partial charge in [-0.25, -0.2) is 9.78 Å². The average Bonchev–Trinajstić information content (AvgIpc) is 2.78. The van der Waals surface area contributed by atoms with E-state index in [9.17, 15) is 9.90 Å². The predicted octanol–water partition coefficient (Wildman–Crippen LogP) is 4.49. The lowest BCUT2D eigenvalue weighted by atomic mass is 9.98. The lowest BCUT2D eigenvalue weighted by Crippen LogP contribution is -2.35. The number of carboxylic acid groups (broad SMARTS) is 1. The first-order valence-electron chi connectivity index (χ1n) is 10.4. The number of rotatable bonds is 3. The molecule has 0 spiro atoms. The second-order valence-corrected chi connectivity index (χ2v) is 7.97. The zero-order valence-corrected chi connectivity index (χ0v) is 16.5. The summed E-state index contributed by atoms with van der Waals surface area (Å²) in [5, 5.41) is 12.1. The first-order chi connectivity index (χ1) is 14.2. The molecule has 1 N–H and O–H groups in total. The highest BCUT2D eigenvalue weighted by molar-refractivity contribution is 5.94. The molecule has 5 nitrogen and oxygen atoms in total. The van der Waals surface area contributed by atoms with Crippen LogP contribution >= 0.6 is 0 Å². The third-order valence-corrected chi connectivity index (χ3v) is 6.18. The number of nitrogens with zero attached hydrogens (tertiary/aromatic N) is 3. The van der Waals surface area contributed by atoms with E-state index in [2.05, 4.69) is 57.2 Å². The van der Waals surface area contributed by atoms with Gasteiger partial charge in [0.25, 0.3) is 0 Å². The summed E-state index contributed by atoms with van der Waals surface area (Å²) in [6.07, 6.45) is 4.48. The molecule has 2 aromatic carbocycles. The Balaban J connectivity index is 1.55. The maximum absolute atomic E-state index is 11.8. The van der Waals surface area contributed by atoms with Gasteiger partial charge in [0.1, 0.15) is 0 Å². The molecule has 1 fully saturated rings. The van der Waals surface area contributed by atoms with Gasteiger partial charge in [0.15, 0.2) is 5.69 Å². The van der Waals surface area contributed by atoms with Crippen molar-refractivity contribution < 1.29 is 9.90 Å². The maximum Gasteiger partial charge on any atom is 0.354 e. The Bertz CT molecular complexity index is 1070. The molecule has 5 heteroatoms. The Morgan fingerprint density at radius 3 is 2.52 bits per heavy atom. The minimum absolute atomic E-state index is 0.157. The van der Waals surface area contributed by atoms with Crippen molar-refractivity contribution in [2.45, 2.75) is 32.2 Å². The average molecular weight is 387 g/mol. The van der Waals surface area contributed by atoms with Crippen molar-refractivity contribution in [2.75, 3.05) is 29.4 Å². The highest BCUT2D eigenvalue weighted by Gasteiger charge is 2.26. The number of pyridine rings is 1. The number of aromatic carboxylic acids is 1. The van der Waals surface area contributed by atoms with Crippen molar-refractivity contribution in [1.29, 1.82) is 0 Å². The Morgan fingerprint density at radius 1 is 0.897 bits per heavy atom. The predicted molar refractivity (Wildman–Crippen MR) is 116 cm³/mol. The summed E-state index contributed by atoms with van der Waals surface area (Å²) < 4.78 is 0. The lowest BCUT2D eigenvalue weighted by Gasteiger charge is -2.36. The molecule has 0 unspecified atom stereocenters. The van der Waals surface area contributed by atoms with E-state index in [1.54, 1.807) is 6.07 Å². The van der Waals surface area contributed by atoms with Gasteiger partial charge in [-0.1, -0.05) is 36.4 Å². The highest BCUT2D eigenvalue weighted by atomic mass is 16.4. The molecule has 0 saturated carbocycles. The number of aromatic nitrogens is 1. The van der Waals surface area contributed by atoms with Crippen LogP contribution in [0.15, 0.2) is 48.5 Å². The second kappa shape index (κ2) is 7.39. The summed E-state index contributed by atoms with van der Waals surface area (Å²) in [6.45, 7) is 3.56. The van der Waals surface area contributed by atoms with Crippen molar-refractivity contribution in [3.05, 3.63) is 65.5 Å². The zero-order valence-electron chi connectivity index (χ0n) is 16.5. The van der Waals surface area contributed by atoms with Gasteiger partial charge in [-0.15, -0.1) is 0 Å². The topological polar surface area (TPSA) is 56.7 Å². The Hall–Kier alpha value is -3.08. The SMILES string of the molecule is O=C(O)c1cc(N2CCCCC2)c2c(n1)CN(c1cccc3ccccc13)CC2. The summed E-state index contributed by atoms with van der Waals surface area (Å²) in [4.78, 5) is 21.0. The molecule has 0 aliphatic carbocycles. The molecule has 5 rings (SSSR count). The number of anilines is 2. The van der Waals surface area contributed by atoms with Crippen LogP contribution < -0.4 is 9.80 Å². The van der Waals surface area contributed by atoms with Gasteiger partial charge in [-0.2, -0.15) is 0 Å². The van der Waals surface area contributed by atoms with Crippen LogP contribution in [0.4, 0.5) is 11.4 Å². The van der Waals surface area contributed by atoms with Crippen LogP contribution in [0.5, 0.6) is 0 Å². The van der Waals surface area contributed by atoms with E-state index in [-0.39, 0.29) is 5.69 Å². The molecule has 3 aromatic rings. The quantitative estimate of drug-likeness (QED) is 0.718. The number of carboxylic acids is 1. The third kappa shape index (κ3) is 3.31. The standard InChI is InChI=1S/C24H25N3O2/c28-24(29)20-15-23(26-12-4-1-5-13-26)19-11-14-27(16-21(19)25-20)22-10-6-8-17-7-2-3-9-18(17)22/h2-3,6-10,15H,1,4-5,11-14,16H2,(H,28,29). The molecule has 3 heterocycles. The minimum atomic E-state index is -0.951. The fourth-order valence-electron chi connectivity index (χ4n) is 4.74. The molecular weight excluding hydrogens is 362 g/mol. The summed E-state index contributed by atoms with van der Waals surface area (Å²) in [5.41, 5.74) is 4.57. The molecule has 29 heavy (non-hydrogen) atoms. The van der Waals surface area contributed by atoms with Crippen molar-refractivity contribution in [2.24, 2.45) is 0 Å². The lowest BCUT2D eigenvalue weighted by molar-refractivity contribution is 0.0690. The van der Waals surface area contributed by atoms with Gasteiger partial charge in [0, 0.05) is 42.0 Å². The molecule has 0 atom stereocenters. The van der Waals surface area contributed by atoms with E-state index in [4.69, 9.17) is 0 Å². The van der Waals surface area contributed by atoms with Crippen LogP contribution in [0.25, 0.3) is 10.8 Å². The van der Waals surface area contributed by atoms with Crippen molar-refractivity contribution in [3.8, 4) is 0 Å². The highest BCUT2D eigenvalue weighted by Crippen LogP contribution is 2.34. The third-order valence-electron chi connectivity index (χ3n) is 6.18. The van der Waals surface area contributed by atoms with Gasteiger partial charge < -0.3 is 14.9 Å². The molecule has 2 aliphatic heterocycles. The van der Waals surface area contributed by atoms with Crippen LogP contribution in [-0.2, 0) is 13.0 Å². The van der Waals surface area contributed by atoms with E-state index < -0.39 is 5.97 Å². The summed E-state index contributed by atoms with van der Waals surface area (Å²) in [7, 11) is 0. The first kappa shape index (κ1) is 18.0. The number of benzene rings is 2. The summed E-state index contributed by atoms with van der Waals surface area (Å²) >= 11 is 0. The van der Waals surface area contributed by atoms with Gasteiger partial charge in [0.05, 0.1) is 12.2 Å². The molecule has 1 aromatic heterocycles. The second-order valence-electron chi connectivity index (χ2n) is 7.97. The molecule has 0 amide bonds. The monoisotopic (exact) mass is 387 g/mol. The van der Waals surface area contributed by atoms with Crippen LogP contribution in [0.1, 0.15) is 41.0 Å². The minimum Gasteiger partial charge on any atom is -0.477 e. The van der Waals surface area contributed by atoms with Crippen LogP contribution in [0.2, 0.25) is 0 Å². The molecule has 148 valence electrons. The Labute approximate surface area is 170 Å². The zero-order chi connectivity index (χ0) is 19.8. The molecule has 1 saturated heterocycles. The number of fused-ring (bicyclic) bond motifs is 2. The van der Waals surface area contributed by atoms with Gasteiger partial charge in [-0.05, 0) is 43.2 Å². The van der Waals surface area contributed by atoms with E-state index in [0.29, 0.717) is 6.54 Å². The van der Waals surface area contributed by atoms with Gasteiger partial charge in [0.2, 0.25) is 0 Å². The molecule has 2 aliphatic rings. The fraction of sp³-hybridized carbons (Fsp3) is 0.333. The first-order valence-corrected chi connectivity index (χ1v) is 10.4. The van der Waals surface area contributed by atoms with E-state index in [1.807, 2.05) is 0 Å². The maximum atomic E-state index is 11.8. The van der Waals surface area contributed by atoms with E-state index in [0.717, 1.165) is 37.4 Å². The summed E-state index contributed by atoms with van der Waals surface area (Å²) in [5.74, 6) is -0.951. The Kier molecular flexibility index (Phi) is 4.58. The van der Waals surface area contributed by atoms with Crippen LogP contribution in [0, 0.1) is 0 Å². The van der Waals surface area contributed by atoms with Gasteiger partial charge in [-0.3, -0.25) is 0 Å². The fourth-order valence-corrected chi connectivity index (χ4v) is 4.74. The molecular formula is C24H25N3O2. The van der Waals surface area contributed by atoms with Crippen molar-refractivity contribution in [3.63, 3.8) is 0 Å². The molecule has 0 radical (unpaired) electrons. The number of hydrogen-bond acceptors (Lipinski definition) is 4.